The van der Waals surface area contributed by atoms with Gasteiger partial charge in [0, 0.05) is 42.3 Å². The topological polar surface area (TPSA) is 90.5 Å². The summed E-state index contributed by atoms with van der Waals surface area (Å²) in [4.78, 5) is 14.8. The van der Waals surface area contributed by atoms with Gasteiger partial charge in [-0.15, -0.1) is 0 Å². The number of anilines is 2. The van der Waals surface area contributed by atoms with Gasteiger partial charge in [-0.05, 0) is 57.5 Å². The molecule has 1 aromatic carbocycles. The molecule has 0 unspecified atom stereocenters. The van der Waals surface area contributed by atoms with Crippen molar-refractivity contribution in [2.45, 2.75) is 68.2 Å². The molecule has 3 N–H and O–H groups in total. The molecule has 2 heterocycles. The average molecular weight is 498 g/mol. The Morgan fingerprint density at radius 2 is 1.72 bits per heavy atom. The van der Waals surface area contributed by atoms with E-state index in [9.17, 15) is 0 Å². The van der Waals surface area contributed by atoms with Gasteiger partial charge in [-0.2, -0.15) is 15.1 Å². The zero-order valence-electron chi connectivity index (χ0n) is 23.8. The lowest BCUT2D eigenvalue weighted by molar-refractivity contribution is 0.293. The van der Waals surface area contributed by atoms with Gasteiger partial charge in [0.05, 0.1) is 17.6 Å². The highest BCUT2D eigenvalue weighted by Gasteiger charge is 2.11. The van der Waals surface area contributed by atoms with E-state index in [0.29, 0.717) is 18.3 Å². The van der Waals surface area contributed by atoms with Crippen LogP contribution in [0.1, 0.15) is 71.3 Å². The summed E-state index contributed by atoms with van der Waals surface area (Å²) in [7, 11) is 1.89. The molecule has 0 saturated heterocycles. The number of aryl methyl sites for hydroxylation is 2. The van der Waals surface area contributed by atoms with E-state index in [1.807, 2.05) is 46.9 Å². The molecule has 3 rings (SSSR count). The summed E-state index contributed by atoms with van der Waals surface area (Å²) in [6, 6.07) is 8.52. The quantitative estimate of drug-likeness (QED) is 0.155. The fourth-order valence-electron chi connectivity index (χ4n) is 3.55. The highest BCUT2D eigenvalue weighted by molar-refractivity contribution is 5.87. The third kappa shape index (κ3) is 9.15. The smallest absolute Gasteiger partial charge is 0.319 e. The molecule has 0 amide bonds. The largest absolute Gasteiger partial charge is 0.462 e. The second-order valence-electron chi connectivity index (χ2n) is 7.88. The van der Waals surface area contributed by atoms with Gasteiger partial charge in [-0.1, -0.05) is 41.5 Å². The summed E-state index contributed by atoms with van der Waals surface area (Å²) < 4.78 is 5.77. The van der Waals surface area contributed by atoms with Crippen LogP contribution in [0.3, 0.4) is 0 Å². The number of hydrazone groups is 1. The summed E-state index contributed by atoms with van der Waals surface area (Å²) >= 11 is 0. The maximum absolute atomic E-state index is 5.77. The van der Waals surface area contributed by atoms with E-state index < -0.39 is 0 Å². The molecule has 0 aliphatic carbocycles. The standard InChI is InChI=1S/C24H35N7O.2C2H6/c1-6-11-31(12-7-2)23-15-20(28-24(29-23)32-13-10-25-5)16-26-30-19-8-9-22-21(14-19)17(3)18(4)27-22;2*1-2/h8-9,14-16,25,27,30H,6-7,10-13H2,1-5H3;2*1-2H3/b26-16+;;. The molecule has 8 heteroatoms. The number of fused-ring (bicyclic) bond motifs is 1. The molecule has 0 spiro atoms. The molecule has 3 aromatic rings. The SMILES string of the molecule is CC.CC.CCCN(CCC)c1cc(/C=N/Nc2ccc3[nH]c(C)c(C)c3c2)nc(OCCNC)n1. The number of aromatic amines is 1. The lowest BCUT2D eigenvalue weighted by atomic mass is 10.1. The van der Waals surface area contributed by atoms with Crippen molar-refractivity contribution in [1.82, 2.24) is 20.3 Å². The second kappa shape index (κ2) is 17.3. The zero-order valence-corrected chi connectivity index (χ0v) is 23.8. The number of aromatic nitrogens is 3. The van der Waals surface area contributed by atoms with Crippen LogP contribution in [0.5, 0.6) is 6.01 Å². The van der Waals surface area contributed by atoms with Crippen molar-refractivity contribution in [2.75, 3.05) is 43.6 Å². The van der Waals surface area contributed by atoms with E-state index in [4.69, 9.17) is 4.74 Å². The van der Waals surface area contributed by atoms with Crippen LogP contribution in [0.4, 0.5) is 11.5 Å². The van der Waals surface area contributed by atoms with Crippen LogP contribution in [-0.4, -0.2) is 54.5 Å². The lowest BCUT2D eigenvalue weighted by Crippen LogP contribution is -2.26. The Kier molecular flexibility index (Phi) is 14.9. The molecule has 0 atom stereocenters. The molecule has 200 valence electrons. The normalized spacial score (nSPS) is 10.5. The molecule has 0 aliphatic rings. The molecule has 36 heavy (non-hydrogen) atoms. The molecule has 0 radical (unpaired) electrons. The second-order valence-corrected chi connectivity index (χ2v) is 7.88. The van der Waals surface area contributed by atoms with Crippen molar-refractivity contribution in [3.8, 4) is 6.01 Å². The summed E-state index contributed by atoms with van der Waals surface area (Å²) in [6.07, 6.45) is 3.81. The molecule has 8 nitrogen and oxygen atoms in total. The molecule has 0 bridgehead atoms. The fraction of sp³-hybridized carbons (Fsp3) is 0.536. The number of nitrogens with zero attached hydrogens (tertiary/aromatic N) is 4. The van der Waals surface area contributed by atoms with Gasteiger partial charge in [0.2, 0.25) is 0 Å². The minimum absolute atomic E-state index is 0.372. The third-order valence-corrected chi connectivity index (χ3v) is 5.30. The van der Waals surface area contributed by atoms with Gasteiger partial charge < -0.3 is 19.9 Å². The van der Waals surface area contributed by atoms with E-state index >= 15 is 0 Å². The molecule has 0 fully saturated rings. The minimum Gasteiger partial charge on any atom is -0.462 e. The van der Waals surface area contributed by atoms with Crippen molar-refractivity contribution in [3.05, 3.63) is 41.2 Å². The number of hydrogen-bond donors (Lipinski definition) is 3. The van der Waals surface area contributed by atoms with E-state index in [0.717, 1.165) is 49.5 Å². The summed E-state index contributed by atoms with van der Waals surface area (Å²) in [5.74, 6) is 0.865. The first-order valence-electron chi connectivity index (χ1n) is 13.3. The van der Waals surface area contributed by atoms with Crippen LogP contribution < -0.4 is 20.4 Å². The van der Waals surface area contributed by atoms with E-state index in [1.54, 1.807) is 6.21 Å². The number of hydrogen-bond acceptors (Lipinski definition) is 7. The minimum atomic E-state index is 0.372. The van der Waals surface area contributed by atoms with Crippen LogP contribution in [0.2, 0.25) is 0 Å². The van der Waals surface area contributed by atoms with Crippen molar-refractivity contribution < 1.29 is 4.74 Å². The number of ether oxygens (including phenoxy) is 1. The van der Waals surface area contributed by atoms with Crippen LogP contribution in [0.15, 0.2) is 29.4 Å². The monoisotopic (exact) mass is 497 g/mol. The van der Waals surface area contributed by atoms with E-state index in [1.165, 1.54) is 16.6 Å². The Hall–Kier alpha value is -3.13. The Balaban J connectivity index is 0.00000154. The van der Waals surface area contributed by atoms with E-state index in [2.05, 4.69) is 75.5 Å². The van der Waals surface area contributed by atoms with E-state index in [-0.39, 0.29) is 0 Å². The number of H-pyrrole nitrogens is 1. The molecular weight excluding hydrogens is 450 g/mol. The highest BCUT2D eigenvalue weighted by Crippen LogP contribution is 2.24. The number of nitrogens with one attached hydrogen (secondary N) is 3. The average Bonchev–Trinajstić information content (AvgIpc) is 3.19. The first-order chi connectivity index (χ1) is 17.5. The summed E-state index contributed by atoms with van der Waals surface area (Å²) in [5.41, 5.74) is 8.32. The Morgan fingerprint density at radius 1 is 1.03 bits per heavy atom. The van der Waals surface area contributed by atoms with Crippen molar-refractivity contribution in [2.24, 2.45) is 5.10 Å². The van der Waals surface area contributed by atoms with Crippen LogP contribution >= 0.6 is 0 Å². The Morgan fingerprint density at radius 3 is 2.36 bits per heavy atom. The van der Waals surface area contributed by atoms with Crippen molar-refractivity contribution >= 4 is 28.6 Å². The maximum Gasteiger partial charge on any atom is 0.319 e. The van der Waals surface area contributed by atoms with Gasteiger partial charge in [0.1, 0.15) is 12.4 Å². The van der Waals surface area contributed by atoms with Crippen molar-refractivity contribution in [1.29, 1.82) is 0 Å². The maximum atomic E-state index is 5.77. The number of benzene rings is 1. The predicted octanol–water partition coefficient (Wildman–Crippen LogP) is 6.30. The number of rotatable bonds is 12. The molecular formula is C28H47N7O. The first-order valence-corrected chi connectivity index (χ1v) is 13.3. The van der Waals surface area contributed by atoms with Crippen LogP contribution in [-0.2, 0) is 0 Å². The molecule has 0 aliphatic heterocycles. The van der Waals surface area contributed by atoms with Gasteiger partial charge in [-0.25, -0.2) is 0 Å². The first kappa shape index (κ1) is 30.9. The number of likely N-dealkylation sites (N-methyl/N-ethyl adjacent to an activating group) is 1. The fourth-order valence-corrected chi connectivity index (χ4v) is 3.55. The summed E-state index contributed by atoms with van der Waals surface area (Å²) in [5, 5.41) is 8.69. The predicted molar refractivity (Wildman–Crippen MR) is 156 cm³/mol. The Labute approximate surface area is 218 Å². The molecule has 2 aromatic heterocycles. The summed E-state index contributed by atoms with van der Waals surface area (Å²) in [6.45, 7) is 19.7. The van der Waals surface area contributed by atoms with Gasteiger partial charge in [0.15, 0.2) is 0 Å². The van der Waals surface area contributed by atoms with Gasteiger partial charge in [-0.3, -0.25) is 5.43 Å². The van der Waals surface area contributed by atoms with Crippen molar-refractivity contribution in [3.63, 3.8) is 0 Å². The van der Waals surface area contributed by atoms with Gasteiger partial charge >= 0.3 is 6.01 Å². The highest BCUT2D eigenvalue weighted by atomic mass is 16.5. The van der Waals surface area contributed by atoms with Crippen LogP contribution in [0, 0.1) is 13.8 Å². The molecule has 0 saturated carbocycles. The third-order valence-electron chi connectivity index (χ3n) is 5.30. The zero-order chi connectivity index (χ0) is 26.9. The lowest BCUT2D eigenvalue weighted by Gasteiger charge is -2.23. The Bertz CT molecular complexity index is 1040. The van der Waals surface area contributed by atoms with Gasteiger partial charge in [0.25, 0.3) is 0 Å². The van der Waals surface area contributed by atoms with Crippen LogP contribution in [0.25, 0.3) is 10.9 Å².